The number of hydrogen-bond acceptors (Lipinski definition) is 4. The lowest BCUT2D eigenvalue weighted by atomic mass is 9.95. The molecule has 0 aliphatic carbocycles. The molecule has 5 nitrogen and oxygen atoms in total. The van der Waals surface area contributed by atoms with Crippen LogP contribution in [-0.4, -0.2) is 33.8 Å². The van der Waals surface area contributed by atoms with Gasteiger partial charge in [-0.15, -0.1) is 0 Å². The van der Waals surface area contributed by atoms with Crippen LogP contribution < -0.4 is 5.32 Å². The molecule has 1 aromatic heterocycles. The standard InChI is InChI=1S/C31H34N2O3/c1-21-9-11-22(12-10-21)16-18-32-29(23-7-5-4-6-8-23)30(35)26-20-33-27-19-24(13-14-25(26)27)28(34)15-17-31(2,3)36/h4-14,19-20,29,32-33,36H,15-18H2,1-3H3/t29-/m1/s1. The van der Waals surface area contributed by atoms with Crippen molar-refractivity contribution in [1.29, 1.82) is 0 Å². The molecule has 0 aliphatic rings. The minimum absolute atomic E-state index is 0.0162. The molecule has 186 valence electrons. The van der Waals surface area contributed by atoms with Crippen molar-refractivity contribution < 1.29 is 14.7 Å². The van der Waals surface area contributed by atoms with Gasteiger partial charge in [0.05, 0.1) is 11.6 Å². The fourth-order valence-corrected chi connectivity index (χ4v) is 4.35. The summed E-state index contributed by atoms with van der Waals surface area (Å²) in [5.74, 6) is -0.0427. The first-order valence-corrected chi connectivity index (χ1v) is 12.5. The monoisotopic (exact) mass is 482 g/mol. The van der Waals surface area contributed by atoms with Crippen LogP contribution in [-0.2, 0) is 6.42 Å². The molecule has 0 fully saturated rings. The molecule has 0 saturated heterocycles. The second kappa shape index (κ2) is 11.0. The summed E-state index contributed by atoms with van der Waals surface area (Å²) in [4.78, 5) is 29.6. The minimum Gasteiger partial charge on any atom is -0.390 e. The first kappa shape index (κ1) is 25.5. The molecular weight excluding hydrogens is 448 g/mol. The predicted molar refractivity (Wildman–Crippen MR) is 145 cm³/mol. The van der Waals surface area contributed by atoms with E-state index in [4.69, 9.17) is 0 Å². The van der Waals surface area contributed by atoms with Crippen molar-refractivity contribution >= 4 is 22.5 Å². The summed E-state index contributed by atoms with van der Waals surface area (Å²) in [5.41, 5.74) is 4.40. The van der Waals surface area contributed by atoms with Gasteiger partial charge in [0.25, 0.3) is 0 Å². The normalized spacial score (nSPS) is 12.6. The van der Waals surface area contributed by atoms with Crippen LogP contribution in [0.4, 0.5) is 0 Å². The maximum atomic E-state index is 13.8. The SMILES string of the molecule is Cc1ccc(CCN[C@@H](C(=O)c2c[nH]c3cc(C(=O)CCC(C)(C)O)ccc23)c2ccccc2)cc1. The summed E-state index contributed by atoms with van der Waals surface area (Å²) >= 11 is 0. The summed E-state index contributed by atoms with van der Waals surface area (Å²) in [5, 5.41) is 14.2. The third-order valence-corrected chi connectivity index (χ3v) is 6.51. The van der Waals surface area contributed by atoms with Crippen molar-refractivity contribution in [2.24, 2.45) is 0 Å². The highest BCUT2D eigenvalue weighted by atomic mass is 16.3. The highest BCUT2D eigenvalue weighted by molar-refractivity contribution is 6.11. The molecular formula is C31H34N2O3. The molecule has 0 amide bonds. The lowest BCUT2D eigenvalue weighted by molar-refractivity contribution is 0.0633. The van der Waals surface area contributed by atoms with E-state index >= 15 is 0 Å². The fraction of sp³-hybridized carbons (Fsp3) is 0.290. The second-order valence-corrected chi connectivity index (χ2v) is 10.1. The summed E-state index contributed by atoms with van der Waals surface area (Å²) in [6.45, 7) is 6.13. The van der Waals surface area contributed by atoms with Crippen molar-refractivity contribution in [3.63, 3.8) is 0 Å². The molecule has 0 aliphatic heterocycles. The minimum atomic E-state index is -0.884. The number of ketones is 2. The number of aromatic amines is 1. The van der Waals surface area contributed by atoms with Crippen LogP contribution in [0, 0.1) is 6.92 Å². The molecule has 3 N–H and O–H groups in total. The number of fused-ring (bicyclic) bond motifs is 1. The number of aliphatic hydroxyl groups is 1. The predicted octanol–water partition coefficient (Wildman–Crippen LogP) is 5.97. The highest BCUT2D eigenvalue weighted by Gasteiger charge is 2.24. The molecule has 0 bridgehead atoms. The number of rotatable bonds is 11. The van der Waals surface area contributed by atoms with Crippen molar-refractivity contribution in [3.05, 3.63) is 107 Å². The molecule has 0 unspecified atom stereocenters. The lowest BCUT2D eigenvalue weighted by Crippen LogP contribution is -2.30. The van der Waals surface area contributed by atoms with Crippen LogP contribution in [0.3, 0.4) is 0 Å². The van der Waals surface area contributed by atoms with Crippen LogP contribution in [0.5, 0.6) is 0 Å². The summed E-state index contributed by atoms with van der Waals surface area (Å²) in [6, 6.07) is 23.1. The van der Waals surface area contributed by atoms with Crippen LogP contribution in [0.1, 0.15) is 70.1 Å². The maximum absolute atomic E-state index is 13.8. The van der Waals surface area contributed by atoms with Crippen molar-refractivity contribution in [2.45, 2.75) is 51.7 Å². The Balaban J connectivity index is 1.54. The van der Waals surface area contributed by atoms with E-state index in [0.29, 0.717) is 24.1 Å². The summed E-state index contributed by atoms with van der Waals surface area (Å²) in [7, 11) is 0. The van der Waals surface area contributed by atoms with E-state index in [0.717, 1.165) is 22.9 Å². The summed E-state index contributed by atoms with van der Waals surface area (Å²) < 4.78 is 0. The molecule has 0 radical (unpaired) electrons. The largest absolute Gasteiger partial charge is 0.390 e. The first-order valence-electron chi connectivity index (χ1n) is 12.5. The Bertz CT molecular complexity index is 1330. The van der Waals surface area contributed by atoms with E-state index < -0.39 is 11.6 Å². The molecule has 3 aromatic carbocycles. The average Bonchev–Trinajstić information content (AvgIpc) is 3.29. The van der Waals surface area contributed by atoms with Gasteiger partial charge >= 0.3 is 0 Å². The third-order valence-electron chi connectivity index (χ3n) is 6.51. The van der Waals surface area contributed by atoms with Gasteiger partial charge in [-0.1, -0.05) is 72.3 Å². The number of carbonyl (C=O) groups is 2. The number of nitrogens with one attached hydrogen (secondary N) is 2. The smallest absolute Gasteiger partial charge is 0.186 e. The van der Waals surface area contributed by atoms with Gasteiger partial charge in [-0.05, 0) is 50.8 Å². The average molecular weight is 483 g/mol. The number of aryl methyl sites for hydroxylation is 1. The molecule has 0 saturated carbocycles. The molecule has 4 aromatic rings. The van der Waals surface area contributed by atoms with E-state index in [9.17, 15) is 14.7 Å². The van der Waals surface area contributed by atoms with E-state index in [1.165, 1.54) is 11.1 Å². The first-order chi connectivity index (χ1) is 17.2. The van der Waals surface area contributed by atoms with Crippen LogP contribution in [0.15, 0.2) is 79.0 Å². The van der Waals surface area contributed by atoms with Gasteiger partial charge in [-0.2, -0.15) is 0 Å². The second-order valence-electron chi connectivity index (χ2n) is 10.1. The Morgan fingerprint density at radius 3 is 2.42 bits per heavy atom. The van der Waals surface area contributed by atoms with E-state index in [2.05, 4.69) is 41.5 Å². The van der Waals surface area contributed by atoms with Crippen LogP contribution >= 0.6 is 0 Å². The molecule has 36 heavy (non-hydrogen) atoms. The quantitative estimate of drug-likeness (QED) is 0.230. The van der Waals surface area contributed by atoms with Gasteiger partial charge in [0.2, 0.25) is 0 Å². The van der Waals surface area contributed by atoms with Gasteiger partial charge in [-0.3, -0.25) is 9.59 Å². The van der Waals surface area contributed by atoms with Crippen molar-refractivity contribution in [2.75, 3.05) is 6.54 Å². The van der Waals surface area contributed by atoms with Gasteiger partial charge in [0.15, 0.2) is 11.6 Å². The third kappa shape index (κ3) is 6.36. The molecule has 1 heterocycles. The van der Waals surface area contributed by atoms with Gasteiger partial charge in [0.1, 0.15) is 0 Å². The topological polar surface area (TPSA) is 82.2 Å². The zero-order valence-corrected chi connectivity index (χ0v) is 21.2. The molecule has 4 rings (SSSR count). The Morgan fingerprint density at radius 1 is 1.00 bits per heavy atom. The van der Waals surface area contributed by atoms with Gasteiger partial charge in [0, 0.05) is 41.2 Å². The van der Waals surface area contributed by atoms with Crippen molar-refractivity contribution in [3.8, 4) is 0 Å². The number of benzene rings is 3. The van der Waals surface area contributed by atoms with E-state index in [-0.39, 0.29) is 18.0 Å². The van der Waals surface area contributed by atoms with Crippen molar-refractivity contribution in [1.82, 2.24) is 10.3 Å². The van der Waals surface area contributed by atoms with E-state index in [1.54, 1.807) is 32.2 Å². The van der Waals surface area contributed by atoms with Crippen LogP contribution in [0.25, 0.3) is 10.9 Å². The molecule has 0 spiro atoms. The maximum Gasteiger partial charge on any atom is 0.186 e. The summed E-state index contributed by atoms with van der Waals surface area (Å²) in [6.07, 6.45) is 3.21. The Kier molecular flexibility index (Phi) is 7.82. The zero-order chi connectivity index (χ0) is 25.7. The Hall–Kier alpha value is -3.54. The number of aromatic nitrogens is 1. The van der Waals surface area contributed by atoms with Gasteiger partial charge < -0.3 is 15.4 Å². The highest BCUT2D eigenvalue weighted by Crippen LogP contribution is 2.26. The fourth-order valence-electron chi connectivity index (χ4n) is 4.35. The van der Waals surface area contributed by atoms with E-state index in [1.807, 2.05) is 36.4 Å². The number of carbonyl (C=O) groups excluding carboxylic acids is 2. The number of Topliss-reactive ketones (excluding diaryl/α,β-unsaturated/α-hetero) is 2. The van der Waals surface area contributed by atoms with Gasteiger partial charge in [-0.25, -0.2) is 0 Å². The Labute approximate surface area is 212 Å². The van der Waals surface area contributed by atoms with Crippen LogP contribution in [0.2, 0.25) is 0 Å². The zero-order valence-electron chi connectivity index (χ0n) is 21.2. The number of H-pyrrole nitrogens is 1. The number of hydrogen-bond donors (Lipinski definition) is 3. The lowest BCUT2D eigenvalue weighted by Gasteiger charge is -2.18. The molecule has 1 atom stereocenters. The molecule has 5 heteroatoms. The Morgan fingerprint density at radius 2 is 1.72 bits per heavy atom.